The number of nitrogens with one attached hydrogen (secondary N) is 1. The topological polar surface area (TPSA) is 64.4 Å². The monoisotopic (exact) mass is 276 g/mol. The molecule has 0 aliphatic carbocycles. The fraction of sp³-hybridized carbons (Fsp3) is 0.562. The highest BCUT2D eigenvalue weighted by molar-refractivity contribution is 5.96. The van der Waals surface area contributed by atoms with Crippen molar-refractivity contribution in [2.24, 2.45) is 11.1 Å². The minimum atomic E-state index is -0.475. The van der Waals surface area contributed by atoms with Crippen LogP contribution >= 0.6 is 0 Å². The summed E-state index contributed by atoms with van der Waals surface area (Å²) in [6.45, 7) is 3.74. The normalized spacial score (nSPS) is 17.7. The lowest BCUT2D eigenvalue weighted by molar-refractivity contribution is -0.130. The van der Waals surface area contributed by atoms with Gasteiger partial charge in [-0.05, 0) is 30.9 Å². The summed E-state index contributed by atoms with van der Waals surface area (Å²) in [7, 11) is 0. The van der Waals surface area contributed by atoms with E-state index in [1.807, 2.05) is 18.2 Å². The summed E-state index contributed by atoms with van der Waals surface area (Å²) in [6, 6.07) is 7.99. The zero-order valence-corrected chi connectivity index (χ0v) is 12.2. The molecule has 110 valence electrons. The first-order chi connectivity index (χ1) is 9.72. The van der Waals surface area contributed by atoms with Crippen LogP contribution in [0, 0.1) is 5.41 Å². The Morgan fingerprint density at radius 1 is 1.35 bits per heavy atom. The Balaban J connectivity index is 2.14. The van der Waals surface area contributed by atoms with E-state index in [4.69, 9.17) is 10.5 Å². The number of carbonyl (C=O) groups is 1. The van der Waals surface area contributed by atoms with Crippen LogP contribution in [-0.2, 0) is 16.0 Å². The fourth-order valence-corrected chi connectivity index (χ4v) is 2.67. The van der Waals surface area contributed by atoms with Gasteiger partial charge >= 0.3 is 0 Å². The molecule has 1 aliphatic rings. The summed E-state index contributed by atoms with van der Waals surface area (Å²) in [5, 5.41) is 3.08. The third-order valence-corrected chi connectivity index (χ3v) is 4.11. The van der Waals surface area contributed by atoms with Crippen molar-refractivity contribution in [1.82, 2.24) is 0 Å². The summed E-state index contributed by atoms with van der Waals surface area (Å²) in [6.07, 6.45) is 3.43. The third kappa shape index (κ3) is 3.19. The Labute approximate surface area is 120 Å². The zero-order valence-electron chi connectivity index (χ0n) is 12.2. The van der Waals surface area contributed by atoms with Crippen molar-refractivity contribution in [3.05, 3.63) is 29.8 Å². The van der Waals surface area contributed by atoms with Gasteiger partial charge in [-0.25, -0.2) is 0 Å². The van der Waals surface area contributed by atoms with Crippen LogP contribution in [0.3, 0.4) is 0 Å². The number of nitrogens with two attached hydrogens (primary N) is 1. The van der Waals surface area contributed by atoms with Gasteiger partial charge in [0, 0.05) is 25.4 Å². The maximum atomic E-state index is 12.6. The molecular formula is C16H24N2O2. The van der Waals surface area contributed by atoms with Gasteiger partial charge in [-0.15, -0.1) is 0 Å². The number of amides is 1. The molecule has 3 N–H and O–H groups in total. The third-order valence-electron chi connectivity index (χ3n) is 4.11. The van der Waals surface area contributed by atoms with Crippen LogP contribution in [0.15, 0.2) is 24.3 Å². The number of hydrogen-bond donors (Lipinski definition) is 2. The molecule has 0 bridgehead atoms. The van der Waals surface area contributed by atoms with Gasteiger partial charge in [0.1, 0.15) is 0 Å². The summed E-state index contributed by atoms with van der Waals surface area (Å²) >= 11 is 0. The van der Waals surface area contributed by atoms with Gasteiger partial charge in [-0.2, -0.15) is 0 Å². The lowest BCUT2D eigenvalue weighted by Gasteiger charge is -2.34. The van der Waals surface area contributed by atoms with Crippen LogP contribution < -0.4 is 11.1 Å². The van der Waals surface area contributed by atoms with E-state index in [-0.39, 0.29) is 5.91 Å². The first-order valence-electron chi connectivity index (χ1n) is 7.39. The van der Waals surface area contributed by atoms with Gasteiger partial charge in [-0.3, -0.25) is 4.79 Å². The van der Waals surface area contributed by atoms with Gasteiger partial charge in [0.25, 0.3) is 0 Å². The van der Waals surface area contributed by atoms with Gasteiger partial charge in [0.05, 0.1) is 5.41 Å². The van der Waals surface area contributed by atoms with Crippen molar-refractivity contribution < 1.29 is 9.53 Å². The molecule has 1 aromatic rings. The number of benzene rings is 1. The highest BCUT2D eigenvalue weighted by Crippen LogP contribution is 2.31. The standard InChI is InChI=1S/C16H24N2O2/c1-2-5-13-6-3-4-7-14(13)18-15(19)16(12-17)8-10-20-11-9-16/h3-4,6-7H,2,5,8-12,17H2,1H3,(H,18,19). The van der Waals surface area contributed by atoms with Gasteiger partial charge in [-0.1, -0.05) is 31.5 Å². The average molecular weight is 276 g/mol. The lowest BCUT2D eigenvalue weighted by Crippen LogP contribution is -2.46. The van der Waals surface area contributed by atoms with E-state index in [1.165, 1.54) is 5.56 Å². The van der Waals surface area contributed by atoms with E-state index in [1.54, 1.807) is 0 Å². The molecule has 0 unspecified atom stereocenters. The number of ether oxygens (including phenoxy) is 1. The second-order valence-electron chi connectivity index (χ2n) is 5.46. The van der Waals surface area contributed by atoms with E-state index < -0.39 is 5.41 Å². The molecule has 0 atom stereocenters. The molecule has 0 aromatic heterocycles. The van der Waals surface area contributed by atoms with E-state index in [9.17, 15) is 4.79 Å². The zero-order chi connectivity index (χ0) is 14.4. The molecule has 1 fully saturated rings. The molecule has 0 radical (unpaired) electrons. The highest BCUT2D eigenvalue weighted by Gasteiger charge is 2.38. The Kier molecular flexibility index (Phi) is 5.15. The molecule has 4 nitrogen and oxygen atoms in total. The molecule has 1 heterocycles. The van der Waals surface area contributed by atoms with Gasteiger partial charge in [0.2, 0.25) is 5.91 Å². The quantitative estimate of drug-likeness (QED) is 0.867. The van der Waals surface area contributed by atoms with Crippen LogP contribution in [0.25, 0.3) is 0 Å². The SMILES string of the molecule is CCCc1ccccc1NC(=O)C1(CN)CCOCC1. The molecular weight excluding hydrogens is 252 g/mol. The molecule has 0 saturated carbocycles. The molecule has 20 heavy (non-hydrogen) atoms. The number of hydrogen-bond acceptors (Lipinski definition) is 3. The van der Waals surface area contributed by atoms with Crippen molar-refractivity contribution >= 4 is 11.6 Å². The van der Waals surface area contributed by atoms with Crippen molar-refractivity contribution in [1.29, 1.82) is 0 Å². The summed E-state index contributed by atoms with van der Waals surface area (Å²) in [5.74, 6) is 0.0341. The largest absolute Gasteiger partial charge is 0.381 e. The molecule has 1 aliphatic heterocycles. The van der Waals surface area contributed by atoms with Crippen molar-refractivity contribution in [2.75, 3.05) is 25.1 Å². The van der Waals surface area contributed by atoms with Crippen LogP contribution in [0.5, 0.6) is 0 Å². The van der Waals surface area contributed by atoms with E-state index in [0.29, 0.717) is 32.6 Å². The minimum absolute atomic E-state index is 0.0341. The molecule has 1 aromatic carbocycles. The molecule has 2 rings (SSSR count). The van der Waals surface area contributed by atoms with E-state index in [2.05, 4.69) is 18.3 Å². The summed E-state index contributed by atoms with van der Waals surface area (Å²) in [5.41, 5.74) is 7.50. The predicted molar refractivity (Wildman–Crippen MR) is 80.6 cm³/mol. The van der Waals surface area contributed by atoms with Crippen LogP contribution in [0.1, 0.15) is 31.7 Å². The molecule has 1 saturated heterocycles. The average Bonchev–Trinajstić information content (AvgIpc) is 2.50. The lowest BCUT2D eigenvalue weighted by atomic mass is 9.79. The fourth-order valence-electron chi connectivity index (χ4n) is 2.67. The number of aryl methyl sites for hydroxylation is 1. The van der Waals surface area contributed by atoms with Crippen LogP contribution in [0.2, 0.25) is 0 Å². The first-order valence-corrected chi connectivity index (χ1v) is 7.39. The first kappa shape index (κ1) is 15.0. The van der Waals surface area contributed by atoms with E-state index >= 15 is 0 Å². The Morgan fingerprint density at radius 3 is 2.70 bits per heavy atom. The van der Waals surface area contributed by atoms with Crippen LogP contribution in [0.4, 0.5) is 5.69 Å². The number of rotatable bonds is 5. The second-order valence-corrected chi connectivity index (χ2v) is 5.46. The molecule has 1 amide bonds. The minimum Gasteiger partial charge on any atom is -0.381 e. The predicted octanol–water partition coefficient (Wildman–Crippen LogP) is 2.33. The Hall–Kier alpha value is -1.39. The van der Waals surface area contributed by atoms with E-state index in [0.717, 1.165) is 18.5 Å². The van der Waals surface area contributed by atoms with Crippen molar-refractivity contribution in [3.63, 3.8) is 0 Å². The number of para-hydroxylation sites is 1. The second kappa shape index (κ2) is 6.86. The maximum absolute atomic E-state index is 12.6. The Bertz CT molecular complexity index is 454. The Morgan fingerprint density at radius 2 is 2.05 bits per heavy atom. The molecule has 0 spiro atoms. The molecule has 4 heteroatoms. The van der Waals surface area contributed by atoms with Crippen molar-refractivity contribution in [2.45, 2.75) is 32.6 Å². The van der Waals surface area contributed by atoms with Gasteiger partial charge in [0.15, 0.2) is 0 Å². The summed E-state index contributed by atoms with van der Waals surface area (Å²) in [4.78, 5) is 12.6. The maximum Gasteiger partial charge on any atom is 0.232 e. The van der Waals surface area contributed by atoms with Gasteiger partial charge < -0.3 is 15.8 Å². The number of carbonyl (C=O) groups excluding carboxylic acids is 1. The smallest absolute Gasteiger partial charge is 0.232 e. The summed E-state index contributed by atoms with van der Waals surface area (Å²) < 4.78 is 5.35. The van der Waals surface area contributed by atoms with Crippen molar-refractivity contribution in [3.8, 4) is 0 Å². The number of anilines is 1. The van der Waals surface area contributed by atoms with Crippen LogP contribution in [-0.4, -0.2) is 25.7 Å². The highest BCUT2D eigenvalue weighted by atomic mass is 16.5.